The van der Waals surface area contributed by atoms with Crippen LogP contribution in [0.15, 0.2) is 12.4 Å². The van der Waals surface area contributed by atoms with E-state index >= 15 is 0 Å². The maximum absolute atomic E-state index is 4.04. The molecule has 1 atom stereocenters. The highest BCUT2D eigenvalue weighted by molar-refractivity contribution is 4.66. The quantitative estimate of drug-likeness (QED) is 0.621. The van der Waals surface area contributed by atoms with Crippen LogP contribution < -0.4 is 0 Å². The molecule has 1 unspecified atom stereocenters. The molecule has 3 nitrogen and oxygen atoms in total. The molecule has 0 spiro atoms. The topological polar surface area (TPSA) is 30.7 Å². The van der Waals surface area contributed by atoms with E-state index in [4.69, 9.17) is 0 Å². The van der Waals surface area contributed by atoms with E-state index in [1.165, 1.54) is 0 Å². The van der Waals surface area contributed by atoms with Crippen molar-refractivity contribution in [2.75, 3.05) is 0 Å². The van der Waals surface area contributed by atoms with Crippen molar-refractivity contribution in [2.24, 2.45) is 5.92 Å². The predicted octanol–water partition coefficient (Wildman–Crippen LogP) is 1.50. The van der Waals surface area contributed by atoms with Gasteiger partial charge in [-0.25, -0.2) is 0 Å². The van der Waals surface area contributed by atoms with Crippen molar-refractivity contribution in [2.45, 2.75) is 26.8 Å². The Balaban J connectivity index is 2.68. The zero-order valence-corrected chi connectivity index (χ0v) is 6.65. The fourth-order valence-electron chi connectivity index (χ4n) is 0.703. The fourth-order valence-corrected chi connectivity index (χ4v) is 0.703. The fraction of sp³-hybridized carbons (Fsp3) is 0.714. The van der Waals surface area contributed by atoms with Gasteiger partial charge >= 0.3 is 0 Å². The summed E-state index contributed by atoms with van der Waals surface area (Å²) in [6, 6.07) is 0.398. The highest BCUT2D eigenvalue weighted by atomic mass is 15.5. The molecule has 1 aromatic heterocycles. The lowest BCUT2D eigenvalue weighted by Crippen LogP contribution is -2.13. The van der Waals surface area contributed by atoms with Gasteiger partial charge in [-0.3, -0.25) is 0 Å². The average molecular weight is 139 g/mol. The lowest BCUT2D eigenvalue weighted by molar-refractivity contribution is 0.339. The van der Waals surface area contributed by atoms with Crippen LogP contribution in [-0.4, -0.2) is 15.0 Å². The maximum Gasteiger partial charge on any atom is 0.0711 e. The van der Waals surface area contributed by atoms with E-state index in [1.807, 2.05) is 0 Å². The highest BCUT2D eigenvalue weighted by Gasteiger charge is 2.08. The molecule has 0 aromatic carbocycles. The third kappa shape index (κ3) is 1.35. The molecule has 0 aliphatic rings. The molecular formula is C7H13N3. The zero-order valence-electron chi connectivity index (χ0n) is 6.65. The van der Waals surface area contributed by atoms with E-state index in [9.17, 15) is 0 Å². The van der Waals surface area contributed by atoms with E-state index in [0.717, 1.165) is 0 Å². The van der Waals surface area contributed by atoms with Crippen LogP contribution in [0.2, 0.25) is 0 Å². The van der Waals surface area contributed by atoms with Gasteiger partial charge in [0.05, 0.1) is 18.4 Å². The van der Waals surface area contributed by atoms with Gasteiger partial charge in [0.1, 0.15) is 0 Å². The molecule has 0 bridgehead atoms. The Labute approximate surface area is 61.1 Å². The molecule has 1 rings (SSSR count). The molecule has 0 saturated carbocycles. The van der Waals surface area contributed by atoms with Crippen molar-refractivity contribution in [3.05, 3.63) is 12.4 Å². The zero-order chi connectivity index (χ0) is 7.56. The van der Waals surface area contributed by atoms with Gasteiger partial charge in [0, 0.05) is 0 Å². The molecular weight excluding hydrogens is 126 g/mol. The minimum atomic E-state index is 0.398. The summed E-state index contributed by atoms with van der Waals surface area (Å²) in [5, 5.41) is 8.09. The van der Waals surface area contributed by atoms with Gasteiger partial charge in [0.15, 0.2) is 0 Å². The van der Waals surface area contributed by atoms with Crippen molar-refractivity contribution >= 4 is 0 Å². The van der Waals surface area contributed by atoms with Crippen LogP contribution in [0, 0.1) is 5.92 Å². The number of hydrogen-bond donors (Lipinski definition) is 0. The van der Waals surface area contributed by atoms with Crippen LogP contribution in [-0.2, 0) is 0 Å². The minimum absolute atomic E-state index is 0.398. The summed E-state index contributed by atoms with van der Waals surface area (Å²) in [6.07, 6.45) is 3.41. The first-order valence-electron chi connectivity index (χ1n) is 3.57. The number of aromatic nitrogens is 3. The second-order valence-electron chi connectivity index (χ2n) is 2.83. The summed E-state index contributed by atoms with van der Waals surface area (Å²) in [7, 11) is 0. The predicted molar refractivity (Wildman–Crippen MR) is 39.6 cm³/mol. The van der Waals surface area contributed by atoms with Crippen molar-refractivity contribution < 1.29 is 0 Å². The van der Waals surface area contributed by atoms with Gasteiger partial charge in [-0.15, -0.1) is 0 Å². The lowest BCUT2D eigenvalue weighted by atomic mass is 10.1. The lowest BCUT2D eigenvalue weighted by Gasteiger charge is -2.13. The summed E-state index contributed by atoms with van der Waals surface area (Å²) in [5.74, 6) is 0.590. The molecule has 0 aliphatic heterocycles. The molecule has 0 saturated heterocycles. The Morgan fingerprint density at radius 2 is 1.60 bits per heavy atom. The Hall–Kier alpha value is -0.860. The maximum atomic E-state index is 4.04. The second kappa shape index (κ2) is 2.82. The first-order valence-corrected chi connectivity index (χ1v) is 3.57. The first-order chi connectivity index (χ1) is 4.72. The molecule has 0 radical (unpaired) electrons. The van der Waals surface area contributed by atoms with Crippen molar-refractivity contribution in [1.29, 1.82) is 0 Å². The van der Waals surface area contributed by atoms with Gasteiger partial charge in [-0.05, 0) is 12.8 Å². The van der Waals surface area contributed by atoms with Crippen LogP contribution in [0.4, 0.5) is 0 Å². The molecule has 0 N–H and O–H groups in total. The molecule has 1 heterocycles. The Morgan fingerprint density at radius 3 is 2.00 bits per heavy atom. The van der Waals surface area contributed by atoms with Gasteiger partial charge in [-0.1, -0.05) is 13.8 Å². The van der Waals surface area contributed by atoms with E-state index in [1.54, 1.807) is 17.2 Å². The van der Waals surface area contributed by atoms with Gasteiger partial charge in [0.25, 0.3) is 0 Å². The first kappa shape index (κ1) is 7.25. The summed E-state index contributed by atoms with van der Waals surface area (Å²) < 4.78 is 0. The monoisotopic (exact) mass is 139 g/mol. The van der Waals surface area contributed by atoms with Crippen molar-refractivity contribution in [1.82, 2.24) is 15.0 Å². The molecule has 1 aromatic rings. The molecule has 0 fully saturated rings. The van der Waals surface area contributed by atoms with Crippen LogP contribution >= 0.6 is 0 Å². The smallest absolute Gasteiger partial charge is 0.0711 e. The van der Waals surface area contributed by atoms with Crippen LogP contribution in [0.5, 0.6) is 0 Å². The second-order valence-corrected chi connectivity index (χ2v) is 2.83. The standard InChI is InChI=1S/C7H13N3/c1-6(2)7(3)10-8-4-5-9-10/h4-7H,1-3H3. The van der Waals surface area contributed by atoms with Gasteiger partial charge in [0.2, 0.25) is 0 Å². The number of nitrogens with zero attached hydrogens (tertiary/aromatic N) is 3. The third-order valence-electron chi connectivity index (χ3n) is 1.77. The largest absolute Gasteiger partial charge is 0.182 e. The van der Waals surface area contributed by atoms with E-state index in [0.29, 0.717) is 12.0 Å². The third-order valence-corrected chi connectivity index (χ3v) is 1.77. The minimum Gasteiger partial charge on any atom is -0.182 e. The van der Waals surface area contributed by atoms with Gasteiger partial charge < -0.3 is 0 Å². The molecule has 56 valence electrons. The van der Waals surface area contributed by atoms with E-state index < -0.39 is 0 Å². The summed E-state index contributed by atoms with van der Waals surface area (Å²) >= 11 is 0. The van der Waals surface area contributed by atoms with Crippen molar-refractivity contribution in [3.8, 4) is 0 Å². The summed E-state index contributed by atoms with van der Waals surface area (Å²) in [6.45, 7) is 6.44. The number of rotatable bonds is 2. The Kier molecular flexibility index (Phi) is 2.04. The van der Waals surface area contributed by atoms with Crippen LogP contribution in [0.1, 0.15) is 26.8 Å². The molecule has 0 amide bonds. The van der Waals surface area contributed by atoms with Crippen molar-refractivity contribution in [3.63, 3.8) is 0 Å². The highest BCUT2D eigenvalue weighted by Crippen LogP contribution is 2.12. The average Bonchev–Trinajstić information content (AvgIpc) is 2.36. The van der Waals surface area contributed by atoms with Gasteiger partial charge in [-0.2, -0.15) is 15.0 Å². The Morgan fingerprint density at radius 1 is 1.10 bits per heavy atom. The summed E-state index contributed by atoms with van der Waals surface area (Å²) in [5.41, 5.74) is 0. The van der Waals surface area contributed by atoms with Crippen LogP contribution in [0.3, 0.4) is 0 Å². The molecule has 10 heavy (non-hydrogen) atoms. The molecule has 3 heteroatoms. The SMILES string of the molecule is CC(C)C(C)n1nccn1. The Bertz CT molecular complexity index is 179. The van der Waals surface area contributed by atoms with Crippen LogP contribution in [0.25, 0.3) is 0 Å². The van der Waals surface area contributed by atoms with E-state index in [2.05, 4.69) is 31.0 Å². The number of hydrogen-bond acceptors (Lipinski definition) is 2. The van der Waals surface area contributed by atoms with E-state index in [-0.39, 0.29) is 0 Å². The normalized spacial score (nSPS) is 14.0. The molecule has 0 aliphatic carbocycles. The summed E-state index contributed by atoms with van der Waals surface area (Å²) in [4.78, 5) is 1.74.